The van der Waals surface area contributed by atoms with Gasteiger partial charge in [0.1, 0.15) is 42.9 Å². The first kappa shape index (κ1) is 26.9. The summed E-state index contributed by atoms with van der Waals surface area (Å²) >= 11 is 4.01. The van der Waals surface area contributed by atoms with Crippen LogP contribution in [0.15, 0.2) is 22.2 Å². The summed E-state index contributed by atoms with van der Waals surface area (Å²) in [6, 6.07) is 0. The van der Waals surface area contributed by atoms with Crippen molar-refractivity contribution in [2.45, 2.75) is 56.6 Å². The van der Waals surface area contributed by atoms with Crippen LogP contribution in [0.2, 0.25) is 0 Å². The van der Waals surface area contributed by atoms with Crippen LogP contribution in [0.5, 0.6) is 0 Å². The third kappa shape index (κ3) is 5.39. The van der Waals surface area contributed by atoms with Crippen LogP contribution in [0.25, 0.3) is 11.2 Å². The number of aromatic nitrogens is 7. The number of ether oxygens (including phenoxy) is 2. The van der Waals surface area contributed by atoms with Crippen LogP contribution in [0.1, 0.15) is 31.1 Å². The molecule has 5 rings (SSSR count). The number of thiol groups is 1. The van der Waals surface area contributed by atoms with Gasteiger partial charge in [0.05, 0.1) is 25.6 Å². The summed E-state index contributed by atoms with van der Waals surface area (Å²) in [5, 5.41) is 20.2. The molecule has 17 nitrogen and oxygen atoms in total. The van der Waals surface area contributed by atoms with Gasteiger partial charge in [0, 0.05) is 12.8 Å². The molecular weight excluding hydrogens is 547 g/mol. The highest BCUT2D eigenvalue weighted by Crippen LogP contribution is 2.56. The molecule has 0 radical (unpaired) electrons. The van der Waals surface area contributed by atoms with E-state index >= 15 is 0 Å². The minimum absolute atomic E-state index is 0.0101. The minimum Gasteiger partial charge on any atom is -0.394 e. The Kier molecular flexibility index (Phi) is 7.40. The second kappa shape index (κ2) is 10.5. The normalized spacial score (nSPS) is 29.2. The molecule has 206 valence electrons. The standard InChI is InChI=1S/C19H25N8O9PS/c1-8-23-16-15(17(30)24-8)21-6-26(16)13-2-9(29)12(35-13)5-33-37(32,38)36-10-3-14(34-11(10)4-28)27-7-22-18(20)25-19(27)31/h6-7,9-14,28-29H,2-5H2,1H3,(H,32,38)(H2,20,25,31)(H,23,24,30)/t9-,10-,11-,12-,13-,14-,37?/m1/s1. The van der Waals surface area contributed by atoms with Crippen LogP contribution in [0.4, 0.5) is 5.95 Å². The fraction of sp³-hybridized carbons (Fsp3) is 0.579. The molecule has 2 aliphatic rings. The van der Waals surface area contributed by atoms with Crippen LogP contribution >= 0.6 is 19.0 Å². The maximum atomic E-state index is 13.0. The highest BCUT2D eigenvalue weighted by atomic mass is 32.7. The number of aliphatic hydroxyl groups excluding tert-OH is 2. The van der Waals surface area contributed by atoms with E-state index in [1.54, 1.807) is 6.92 Å². The van der Waals surface area contributed by atoms with E-state index in [4.69, 9.17) is 24.3 Å². The zero-order chi connectivity index (χ0) is 27.2. The largest absolute Gasteiger partial charge is 0.394 e. The fourth-order valence-electron chi connectivity index (χ4n) is 4.35. The number of hydrogen-bond acceptors (Lipinski definition) is 14. The van der Waals surface area contributed by atoms with Crippen molar-refractivity contribution in [3.05, 3.63) is 39.3 Å². The second-order valence-corrected chi connectivity index (χ2v) is 11.6. The van der Waals surface area contributed by atoms with Crippen LogP contribution in [-0.2, 0) is 23.1 Å². The number of H-pyrrole nitrogens is 1. The topological polar surface area (TPSA) is 232 Å². The van der Waals surface area contributed by atoms with Gasteiger partial charge in [0.25, 0.3) is 5.56 Å². The van der Waals surface area contributed by atoms with Crippen molar-refractivity contribution in [3.8, 4) is 0 Å². The van der Waals surface area contributed by atoms with Gasteiger partial charge < -0.3 is 30.4 Å². The summed E-state index contributed by atoms with van der Waals surface area (Å²) in [4.78, 5) is 42.4. The lowest BCUT2D eigenvalue weighted by Crippen LogP contribution is -2.29. The number of aromatic amines is 1. The number of rotatable bonds is 8. The zero-order valence-electron chi connectivity index (χ0n) is 19.9. The number of fused-ring (bicyclic) bond motifs is 1. The van der Waals surface area contributed by atoms with E-state index in [9.17, 15) is 24.4 Å². The van der Waals surface area contributed by atoms with Crippen molar-refractivity contribution in [2.24, 2.45) is 0 Å². The molecule has 38 heavy (non-hydrogen) atoms. The molecule has 0 spiro atoms. The molecule has 5 heterocycles. The molecule has 3 aromatic rings. The number of nitrogens with one attached hydrogen (secondary N) is 1. The van der Waals surface area contributed by atoms with Crippen molar-refractivity contribution in [1.82, 2.24) is 34.1 Å². The summed E-state index contributed by atoms with van der Waals surface area (Å²) in [6.07, 6.45) is -2.74. The quantitative estimate of drug-likeness (QED) is 0.161. The molecule has 2 fully saturated rings. The molecule has 2 saturated heterocycles. The number of imidazole rings is 1. The summed E-state index contributed by atoms with van der Waals surface area (Å²) < 4.78 is 38.0. The molecule has 0 amide bonds. The van der Waals surface area contributed by atoms with Gasteiger partial charge in [-0.15, -0.1) is 0 Å². The SMILES string of the molecule is Cc1nc2c(ncn2[C@H]2C[C@@H](O)[C@@H](COP(=O)(S)O[C@@H]3C[C@H](n4cnc(N)nc4=O)O[C@@H]3CO)O2)c(=O)[nH]1. The van der Waals surface area contributed by atoms with Gasteiger partial charge in [-0.05, 0) is 6.92 Å². The molecule has 0 aromatic carbocycles. The molecule has 7 atom stereocenters. The number of aliphatic hydroxyl groups is 2. The Hall–Kier alpha value is -2.70. The lowest BCUT2D eigenvalue weighted by atomic mass is 10.2. The van der Waals surface area contributed by atoms with Gasteiger partial charge in [-0.3, -0.25) is 23.0 Å². The lowest BCUT2D eigenvalue weighted by Gasteiger charge is -2.22. The Bertz CT molecular complexity index is 1500. The number of hydrogen-bond donors (Lipinski definition) is 5. The van der Waals surface area contributed by atoms with E-state index in [1.165, 1.54) is 10.9 Å². The molecular formula is C19H25N8O9PS. The van der Waals surface area contributed by atoms with E-state index in [0.717, 1.165) is 10.9 Å². The third-order valence-corrected chi connectivity index (χ3v) is 7.79. The van der Waals surface area contributed by atoms with Crippen molar-refractivity contribution in [3.63, 3.8) is 0 Å². The number of aryl methyl sites for hydroxylation is 1. The van der Waals surface area contributed by atoms with Crippen molar-refractivity contribution in [1.29, 1.82) is 0 Å². The predicted molar refractivity (Wildman–Crippen MR) is 131 cm³/mol. The average Bonchev–Trinajstić information content (AvgIpc) is 3.54. The van der Waals surface area contributed by atoms with Gasteiger partial charge in [-0.25, -0.2) is 24.3 Å². The Labute approximate surface area is 218 Å². The first-order valence-electron chi connectivity index (χ1n) is 11.4. The van der Waals surface area contributed by atoms with Crippen molar-refractivity contribution in [2.75, 3.05) is 18.9 Å². The molecule has 2 aliphatic heterocycles. The number of nitrogen functional groups attached to an aromatic ring is 1. The highest BCUT2D eigenvalue weighted by molar-refractivity contribution is 8.44. The maximum Gasteiger partial charge on any atom is 0.386 e. The molecule has 0 aliphatic carbocycles. The first-order chi connectivity index (χ1) is 18.0. The van der Waals surface area contributed by atoms with Crippen LogP contribution in [-0.4, -0.2) is 81.9 Å². The number of nitrogens with zero attached hydrogens (tertiary/aromatic N) is 6. The van der Waals surface area contributed by atoms with Crippen LogP contribution < -0.4 is 17.0 Å². The van der Waals surface area contributed by atoms with E-state index < -0.39 is 61.5 Å². The van der Waals surface area contributed by atoms with Gasteiger partial charge in [0.15, 0.2) is 11.2 Å². The van der Waals surface area contributed by atoms with Crippen molar-refractivity contribution < 1.29 is 33.3 Å². The summed E-state index contributed by atoms with van der Waals surface area (Å²) in [5.41, 5.74) is 4.72. The van der Waals surface area contributed by atoms with Gasteiger partial charge >= 0.3 is 12.5 Å². The second-order valence-electron chi connectivity index (χ2n) is 8.77. The van der Waals surface area contributed by atoms with Crippen LogP contribution in [0.3, 0.4) is 0 Å². The zero-order valence-corrected chi connectivity index (χ0v) is 21.6. The van der Waals surface area contributed by atoms with Gasteiger partial charge in [0.2, 0.25) is 5.95 Å². The molecule has 5 N–H and O–H groups in total. The van der Waals surface area contributed by atoms with Crippen molar-refractivity contribution >= 4 is 36.2 Å². The lowest BCUT2D eigenvalue weighted by molar-refractivity contribution is -0.0499. The molecule has 19 heteroatoms. The van der Waals surface area contributed by atoms with Gasteiger partial charge in [-0.2, -0.15) is 4.98 Å². The molecule has 0 saturated carbocycles. The summed E-state index contributed by atoms with van der Waals surface area (Å²) in [6.45, 7) is -3.26. The summed E-state index contributed by atoms with van der Waals surface area (Å²) in [7, 11) is 0. The Morgan fingerprint density at radius 1 is 1.18 bits per heavy atom. The van der Waals surface area contributed by atoms with E-state index in [2.05, 4.69) is 37.2 Å². The Morgan fingerprint density at radius 2 is 1.89 bits per heavy atom. The van der Waals surface area contributed by atoms with E-state index in [0.29, 0.717) is 11.5 Å². The molecule has 0 bridgehead atoms. The van der Waals surface area contributed by atoms with Crippen LogP contribution in [0, 0.1) is 6.92 Å². The monoisotopic (exact) mass is 572 g/mol. The number of anilines is 1. The maximum absolute atomic E-state index is 13.0. The third-order valence-electron chi connectivity index (χ3n) is 6.15. The predicted octanol–water partition coefficient (Wildman–Crippen LogP) is -0.970. The highest BCUT2D eigenvalue weighted by Gasteiger charge is 2.42. The van der Waals surface area contributed by atoms with Gasteiger partial charge in [-0.1, -0.05) is 12.2 Å². The minimum atomic E-state index is -4.04. The molecule has 3 aromatic heterocycles. The van der Waals surface area contributed by atoms with E-state index in [-0.39, 0.29) is 30.9 Å². The number of nitrogens with two attached hydrogens (primary N) is 1. The average molecular weight is 572 g/mol. The fourth-order valence-corrected chi connectivity index (χ4v) is 5.87. The smallest absolute Gasteiger partial charge is 0.386 e. The summed E-state index contributed by atoms with van der Waals surface area (Å²) in [5.74, 6) is 0.188. The molecule has 1 unspecified atom stereocenters. The van der Waals surface area contributed by atoms with E-state index in [1.807, 2.05) is 0 Å². The Balaban J connectivity index is 1.22. The Morgan fingerprint density at radius 3 is 2.63 bits per heavy atom. The first-order valence-corrected chi connectivity index (χ1v) is 14.1.